The van der Waals surface area contributed by atoms with Gasteiger partial charge in [-0.1, -0.05) is 54.1 Å². The number of aliphatic hydroxyl groups is 3. The molecular formula is C23H24O4. The van der Waals surface area contributed by atoms with Crippen LogP contribution in [0.5, 0.6) is 0 Å². The summed E-state index contributed by atoms with van der Waals surface area (Å²) in [5.74, 6) is -1.47. The van der Waals surface area contributed by atoms with E-state index in [9.17, 15) is 20.1 Å². The molecule has 1 aliphatic rings. The van der Waals surface area contributed by atoms with Crippen LogP contribution in [-0.2, 0) is 24.1 Å². The zero-order valence-corrected chi connectivity index (χ0v) is 15.4. The number of carbonyl (C=O) groups is 1. The quantitative estimate of drug-likeness (QED) is 0.726. The Labute approximate surface area is 159 Å². The largest absolute Gasteiger partial charge is 0.504 e. The zero-order valence-electron chi connectivity index (χ0n) is 15.4. The predicted molar refractivity (Wildman–Crippen MR) is 105 cm³/mol. The number of aryl methyl sites for hydroxylation is 4. The van der Waals surface area contributed by atoms with Crippen molar-refractivity contribution in [3.63, 3.8) is 0 Å². The van der Waals surface area contributed by atoms with Crippen LogP contribution in [0, 0.1) is 6.92 Å². The zero-order chi connectivity index (χ0) is 19.4. The Hall–Kier alpha value is -2.85. The number of hydrogen-bond donors (Lipinski definition) is 3. The molecule has 0 radical (unpaired) electrons. The number of hydrogen-bond acceptors (Lipinski definition) is 4. The van der Waals surface area contributed by atoms with Crippen LogP contribution in [0.15, 0.2) is 71.7 Å². The summed E-state index contributed by atoms with van der Waals surface area (Å²) in [6, 6.07) is 16.7. The van der Waals surface area contributed by atoms with Crippen molar-refractivity contribution in [2.45, 2.75) is 38.7 Å². The van der Waals surface area contributed by atoms with Crippen molar-refractivity contribution in [2.24, 2.45) is 0 Å². The Bertz CT molecular complexity index is 908. The fraction of sp³-hybridized carbons (Fsp3) is 0.261. The average molecular weight is 364 g/mol. The van der Waals surface area contributed by atoms with Crippen molar-refractivity contribution in [3.05, 3.63) is 94.0 Å². The van der Waals surface area contributed by atoms with Gasteiger partial charge in [-0.2, -0.15) is 0 Å². The van der Waals surface area contributed by atoms with Gasteiger partial charge in [-0.15, -0.1) is 0 Å². The number of benzene rings is 2. The highest BCUT2D eigenvalue weighted by atomic mass is 16.3. The van der Waals surface area contributed by atoms with Crippen molar-refractivity contribution in [3.8, 4) is 0 Å². The number of aliphatic hydroxyl groups excluding tert-OH is 3. The molecule has 0 saturated carbocycles. The third kappa shape index (κ3) is 4.66. The fourth-order valence-electron chi connectivity index (χ4n) is 3.38. The van der Waals surface area contributed by atoms with Gasteiger partial charge in [0, 0.05) is 11.6 Å². The summed E-state index contributed by atoms with van der Waals surface area (Å²) in [5, 5.41) is 29.5. The lowest BCUT2D eigenvalue weighted by molar-refractivity contribution is -0.121. The van der Waals surface area contributed by atoms with Crippen molar-refractivity contribution < 1.29 is 20.1 Å². The van der Waals surface area contributed by atoms with Gasteiger partial charge in [-0.05, 0) is 49.3 Å². The third-order valence-electron chi connectivity index (χ3n) is 4.88. The fourth-order valence-corrected chi connectivity index (χ4v) is 3.38. The molecule has 27 heavy (non-hydrogen) atoms. The highest BCUT2D eigenvalue weighted by Crippen LogP contribution is 2.25. The van der Waals surface area contributed by atoms with Gasteiger partial charge in [0.15, 0.2) is 17.3 Å². The van der Waals surface area contributed by atoms with Gasteiger partial charge in [0.2, 0.25) is 0 Å². The summed E-state index contributed by atoms with van der Waals surface area (Å²) < 4.78 is 0. The van der Waals surface area contributed by atoms with Gasteiger partial charge in [0.1, 0.15) is 6.10 Å². The van der Waals surface area contributed by atoms with Crippen LogP contribution < -0.4 is 0 Å². The van der Waals surface area contributed by atoms with Crippen LogP contribution in [-0.4, -0.2) is 27.2 Å². The van der Waals surface area contributed by atoms with Gasteiger partial charge in [-0.25, -0.2) is 0 Å². The molecule has 3 N–H and O–H groups in total. The second kappa shape index (κ2) is 8.23. The van der Waals surface area contributed by atoms with E-state index in [2.05, 4.69) is 43.3 Å². The molecule has 2 aromatic carbocycles. The van der Waals surface area contributed by atoms with E-state index in [1.165, 1.54) is 16.7 Å². The van der Waals surface area contributed by atoms with Gasteiger partial charge < -0.3 is 15.3 Å². The van der Waals surface area contributed by atoms with E-state index in [1.54, 1.807) is 0 Å². The van der Waals surface area contributed by atoms with Gasteiger partial charge in [0.05, 0.1) is 0 Å². The van der Waals surface area contributed by atoms with E-state index in [4.69, 9.17) is 0 Å². The first-order valence-electron chi connectivity index (χ1n) is 9.12. The molecule has 0 spiro atoms. The topological polar surface area (TPSA) is 77.8 Å². The van der Waals surface area contributed by atoms with Crippen LogP contribution >= 0.6 is 0 Å². The molecule has 0 aromatic heterocycles. The molecule has 1 unspecified atom stereocenters. The molecule has 0 fully saturated rings. The van der Waals surface area contributed by atoms with Gasteiger partial charge in [-0.3, -0.25) is 4.79 Å². The maximum atomic E-state index is 11.6. The lowest BCUT2D eigenvalue weighted by Crippen LogP contribution is -2.27. The first-order chi connectivity index (χ1) is 12.9. The molecule has 0 saturated heterocycles. The molecule has 0 aliphatic heterocycles. The van der Waals surface area contributed by atoms with Gasteiger partial charge >= 0.3 is 0 Å². The van der Waals surface area contributed by atoms with Gasteiger partial charge in [0.25, 0.3) is 0 Å². The van der Waals surface area contributed by atoms with Crippen LogP contribution in [0.4, 0.5) is 0 Å². The monoisotopic (exact) mass is 364 g/mol. The molecule has 0 amide bonds. The molecule has 3 rings (SSSR count). The first-order valence-corrected chi connectivity index (χ1v) is 9.12. The van der Waals surface area contributed by atoms with Crippen molar-refractivity contribution >= 4 is 5.78 Å². The SMILES string of the molecule is Cc1cccc(CCc2cccc(CCC3=C(O)C(O)=CC(=O)C3O)c2)c1. The molecule has 140 valence electrons. The van der Waals surface area contributed by atoms with Crippen LogP contribution in [0.2, 0.25) is 0 Å². The minimum atomic E-state index is -1.38. The summed E-state index contributed by atoms with van der Waals surface area (Å²) in [7, 11) is 0. The first kappa shape index (κ1) is 18.9. The van der Waals surface area contributed by atoms with E-state index >= 15 is 0 Å². The second-order valence-electron chi connectivity index (χ2n) is 7.02. The lowest BCUT2D eigenvalue weighted by atomic mass is 9.92. The van der Waals surface area contributed by atoms with Crippen LogP contribution in [0.3, 0.4) is 0 Å². The molecule has 0 heterocycles. The maximum absolute atomic E-state index is 11.6. The third-order valence-corrected chi connectivity index (χ3v) is 4.88. The molecule has 4 nitrogen and oxygen atoms in total. The smallest absolute Gasteiger partial charge is 0.192 e. The standard InChI is InChI=1S/C23H24O4/c1-15-4-2-5-16(12-15)8-9-17-6-3-7-18(13-17)10-11-19-22(26)20(24)14-21(25)23(19)27/h2-7,12-14,22,25-27H,8-11H2,1H3. The molecule has 4 heteroatoms. The number of carbonyl (C=O) groups excluding carboxylic acids is 1. The van der Waals surface area contributed by atoms with E-state index in [1.807, 2.05) is 12.1 Å². The number of rotatable bonds is 6. The van der Waals surface area contributed by atoms with Crippen molar-refractivity contribution in [1.29, 1.82) is 0 Å². The Morgan fingerprint density at radius 1 is 0.852 bits per heavy atom. The summed E-state index contributed by atoms with van der Waals surface area (Å²) >= 11 is 0. The Morgan fingerprint density at radius 2 is 1.41 bits per heavy atom. The summed E-state index contributed by atoms with van der Waals surface area (Å²) in [6.45, 7) is 2.09. The predicted octanol–water partition coefficient (Wildman–Crippen LogP) is 3.91. The summed E-state index contributed by atoms with van der Waals surface area (Å²) in [4.78, 5) is 11.6. The highest BCUT2D eigenvalue weighted by molar-refractivity contribution is 5.98. The number of ketones is 1. The summed E-state index contributed by atoms with van der Waals surface area (Å²) in [5.41, 5.74) is 5.01. The Balaban J connectivity index is 1.65. The minimum absolute atomic E-state index is 0.171. The van der Waals surface area contributed by atoms with E-state index < -0.39 is 23.4 Å². The lowest BCUT2D eigenvalue weighted by Gasteiger charge is -2.19. The van der Waals surface area contributed by atoms with Crippen LogP contribution in [0.25, 0.3) is 0 Å². The minimum Gasteiger partial charge on any atom is -0.504 e. The van der Waals surface area contributed by atoms with Crippen molar-refractivity contribution in [1.82, 2.24) is 0 Å². The molecule has 1 aliphatic carbocycles. The average Bonchev–Trinajstić information content (AvgIpc) is 2.65. The van der Waals surface area contributed by atoms with E-state index in [0.717, 1.165) is 24.5 Å². The van der Waals surface area contributed by atoms with E-state index in [0.29, 0.717) is 12.8 Å². The highest BCUT2D eigenvalue weighted by Gasteiger charge is 2.28. The Kier molecular flexibility index (Phi) is 5.77. The summed E-state index contributed by atoms with van der Waals surface area (Å²) in [6.07, 6.45) is 2.23. The normalized spacial score (nSPS) is 17.2. The van der Waals surface area contributed by atoms with Crippen molar-refractivity contribution in [2.75, 3.05) is 0 Å². The molecule has 2 aromatic rings. The molecule has 0 bridgehead atoms. The Morgan fingerprint density at radius 3 is 2.04 bits per heavy atom. The van der Waals surface area contributed by atoms with Crippen LogP contribution in [0.1, 0.15) is 28.7 Å². The molecule has 1 atom stereocenters. The maximum Gasteiger partial charge on any atom is 0.192 e. The second-order valence-corrected chi connectivity index (χ2v) is 7.02. The molecular weight excluding hydrogens is 340 g/mol. The van der Waals surface area contributed by atoms with E-state index in [-0.39, 0.29) is 5.57 Å².